The van der Waals surface area contributed by atoms with Gasteiger partial charge < -0.3 is 10.6 Å². The van der Waals surface area contributed by atoms with Gasteiger partial charge in [0.25, 0.3) is 5.91 Å². The number of hydrogen-bond donors (Lipinski definition) is 2. The van der Waals surface area contributed by atoms with E-state index >= 15 is 0 Å². The molecule has 7 nitrogen and oxygen atoms in total. The van der Waals surface area contributed by atoms with Gasteiger partial charge >= 0.3 is 6.18 Å². The smallest absolute Gasteiger partial charge is 0.348 e. The Kier molecular flexibility index (Phi) is 7.68. The number of rotatable bonds is 7. The average Bonchev–Trinajstić information content (AvgIpc) is 3.19. The van der Waals surface area contributed by atoms with E-state index in [-0.39, 0.29) is 29.0 Å². The minimum absolute atomic E-state index is 0.0942. The molecule has 2 aliphatic rings. The van der Waals surface area contributed by atoms with Crippen LogP contribution < -0.4 is 15.5 Å². The van der Waals surface area contributed by atoms with E-state index in [1.807, 2.05) is 0 Å². The first kappa shape index (κ1) is 23.6. The number of nitrogens with one attached hydrogen (secondary N) is 2. The molecular weight excluding hydrogens is 431 g/mol. The van der Waals surface area contributed by atoms with Crippen molar-refractivity contribution < 1.29 is 22.8 Å². The van der Waals surface area contributed by atoms with Gasteiger partial charge in [-0.2, -0.15) is 13.2 Å². The number of amides is 2. The molecule has 1 saturated carbocycles. The Balaban J connectivity index is 1.69. The maximum absolute atomic E-state index is 12.8. The molecule has 2 heterocycles. The lowest BCUT2D eigenvalue weighted by molar-refractivity contribution is -0.138. The fourth-order valence-corrected chi connectivity index (χ4v) is 4.62. The van der Waals surface area contributed by atoms with Crippen LogP contribution in [0.25, 0.3) is 0 Å². The van der Waals surface area contributed by atoms with Crippen LogP contribution in [0, 0.1) is 11.8 Å². The number of carbonyl (C=O) groups excluding carboxylic acids is 2. The lowest BCUT2D eigenvalue weighted by Crippen LogP contribution is -2.56. The van der Waals surface area contributed by atoms with E-state index in [2.05, 4.69) is 27.8 Å². The minimum Gasteiger partial charge on any atom is -0.348 e. The van der Waals surface area contributed by atoms with E-state index in [1.165, 1.54) is 19.5 Å². The standard InChI is InChI=1S/C20H28F3N5O2S/c1-12(13-6-4-3-5-7-13)14(25-17(30)15-10-11-24-15)8-9-16(29)28(2)19-27-26-18(31-19)20(21,22)23/h8-9,12-15,24H,3-7,10-11H2,1-2H3,(H,25,30)/b9-8+/t12-,14-,15+/m1/s1. The first-order valence-corrected chi connectivity index (χ1v) is 11.4. The first-order valence-electron chi connectivity index (χ1n) is 10.6. The molecular formula is C20H28F3N5O2S. The summed E-state index contributed by atoms with van der Waals surface area (Å²) in [7, 11) is 1.35. The van der Waals surface area contributed by atoms with Crippen molar-refractivity contribution in [2.45, 2.75) is 63.7 Å². The van der Waals surface area contributed by atoms with Gasteiger partial charge in [0.05, 0.1) is 12.1 Å². The highest BCUT2D eigenvalue weighted by Crippen LogP contribution is 2.34. The maximum atomic E-state index is 12.8. The molecule has 0 unspecified atom stereocenters. The summed E-state index contributed by atoms with van der Waals surface area (Å²) in [5.74, 6) is -0.0366. The van der Waals surface area contributed by atoms with Crippen LogP contribution in [0.2, 0.25) is 0 Å². The molecule has 0 radical (unpaired) electrons. The normalized spacial score (nSPS) is 22.0. The molecule has 3 atom stereocenters. The van der Waals surface area contributed by atoms with Crippen molar-refractivity contribution in [2.75, 3.05) is 18.5 Å². The van der Waals surface area contributed by atoms with Crippen LogP contribution in [0.5, 0.6) is 0 Å². The van der Waals surface area contributed by atoms with Crippen molar-refractivity contribution in [3.8, 4) is 0 Å². The van der Waals surface area contributed by atoms with Crippen LogP contribution >= 0.6 is 11.3 Å². The second-order valence-corrected chi connectivity index (χ2v) is 9.19. The highest BCUT2D eigenvalue weighted by atomic mass is 32.1. The molecule has 172 valence electrons. The molecule has 2 fully saturated rings. The van der Waals surface area contributed by atoms with E-state index in [4.69, 9.17) is 0 Å². The molecule has 2 N–H and O–H groups in total. The number of hydrogen-bond acceptors (Lipinski definition) is 6. The monoisotopic (exact) mass is 459 g/mol. The molecule has 3 rings (SSSR count). The Hall–Kier alpha value is -2.01. The van der Waals surface area contributed by atoms with Crippen LogP contribution in [0.15, 0.2) is 12.2 Å². The lowest BCUT2D eigenvalue weighted by atomic mass is 9.77. The number of aromatic nitrogens is 2. The number of nitrogens with zero attached hydrogens (tertiary/aromatic N) is 3. The predicted octanol–water partition coefficient (Wildman–Crippen LogP) is 3.14. The first-order chi connectivity index (χ1) is 14.7. The van der Waals surface area contributed by atoms with Crippen molar-refractivity contribution in [3.63, 3.8) is 0 Å². The molecule has 1 saturated heterocycles. The van der Waals surface area contributed by atoms with Crippen LogP contribution in [-0.2, 0) is 15.8 Å². The SMILES string of the molecule is C[C@H](C1CCCCC1)[C@@H](/C=C/C(=O)N(C)c1nnc(C(F)(F)F)s1)NC(=O)[C@@H]1CCN1. The van der Waals surface area contributed by atoms with Crippen molar-refractivity contribution in [2.24, 2.45) is 11.8 Å². The van der Waals surface area contributed by atoms with Crippen LogP contribution in [-0.4, -0.2) is 47.7 Å². The Bertz CT molecular complexity index is 803. The lowest BCUT2D eigenvalue weighted by Gasteiger charge is -2.34. The van der Waals surface area contributed by atoms with Crippen molar-refractivity contribution in [1.82, 2.24) is 20.8 Å². The van der Waals surface area contributed by atoms with Crippen molar-refractivity contribution >= 4 is 28.3 Å². The zero-order chi connectivity index (χ0) is 22.6. The molecule has 0 aromatic carbocycles. The van der Waals surface area contributed by atoms with Gasteiger partial charge in [-0.25, -0.2) is 0 Å². The zero-order valence-electron chi connectivity index (χ0n) is 17.6. The van der Waals surface area contributed by atoms with Crippen LogP contribution in [0.4, 0.5) is 18.3 Å². The van der Waals surface area contributed by atoms with Gasteiger partial charge in [0, 0.05) is 13.1 Å². The number of carbonyl (C=O) groups is 2. The van der Waals surface area contributed by atoms with E-state index in [0.29, 0.717) is 17.3 Å². The molecule has 1 aliphatic heterocycles. The van der Waals surface area contributed by atoms with Gasteiger partial charge in [0.1, 0.15) is 0 Å². The summed E-state index contributed by atoms with van der Waals surface area (Å²) in [5.41, 5.74) is 0. The number of alkyl halides is 3. The van der Waals surface area contributed by atoms with E-state index < -0.39 is 17.1 Å². The van der Waals surface area contributed by atoms with E-state index in [9.17, 15) is 22.8 Å². The Morgan fingerprint density at radius 3 is 2.45 bits per heavy atom. The fraction of sp³-hybridized carbons (Fsp3) is 0.700. The molecule has 1 aliphatic carbocycles. The zero-order valence-corrected chi connectivity index (χ0v) is 18.4. The Morgan fingerprint density at radius 1 is 1.23 bits per heavy atom. The molecule has 2 amide bonds. The van der Waals surface area contributed by atoms with Gasteiger partial charge in [0.2, 0.25) is 16.0 Å². The summed E-state index contributed by atoms with van der Waals surface area (Å²) in [6, 6.07) is -0.550. The van der Waals surface area contributed by atoms with Crippen molar-refractivity contribution in [3.05, 3.63) is 17.2 Å². The van der Waals surface area contributed by atoms with Gasteiger partial charge in [-0.1, -0.05) is 56.4 Å². The predicted molar refractivity (Wildman–Crippen MR) is 112 cm³/mol. The largest absolute Gasteiger partial charge is 0.445 e. The molecule has 1 aromatic rings. The second-order valence-electron chi connectivity index (χ2n) is 8.23. The third kappa shape index (κ3) is 6.03. The quantitative estimate of drug-likeness (QED) is 0.612. The van der Waals surface area contributed by atoms with E-state index in [1.54, 1.807) is 6.08 Å². The number of halogens is 3. The molecule has 0 spiro atoms. The molecule has 1 aromatic heterocycles. The van der Waals surface area contributed by atoms with Crippen LogP contribution in [0.3, 0.4) is 0 Å². The average molecular weight is 460 g/mol. The van der Waals surface area contributed by atoms with Gasteiger partial charge in [-0.3, -0.25) is 14.5 Å². The topological polar surface area (TPSA) is 87.2 Å². The summed E-state index contributed by atoms with van der Waals surface area (Å²) in [4.78, 5) is 26.1. The fourth-order valence-electron chi connectivity index (χ4n) is 3.94. The Labute approximate surface area is 183 Å². The maximum Gasteiger partial charge on any atom is 0.445 e. The Morgan fingerprint density at radius 2 is 1.90 bits per heavy atom. The molecule has 11 heteroatoms. The molecule has 0 bridgehead atoms. The summed E-state index contributed by atoms with van der Waals surface area (Å²) < 4.78 is 38.3. The van der Waals surface area contributed by atoms with E-state index in [0.717, 1.165) is 43.5 Å². The summed E-state index contributed by atoms with van der Waals surface area (Å²) in [5, 5.41) is 11.5. The highest BCUT2D eigenvalue weighted by molar-refractivity contribution is 7.15. The van der Waals surface area contributed by atoms with Gasteiger partial charge in [-0.15, -0.1) is 10.2 Å². The summed E-state index contributed by atoms with van der Waals surface area (Å²) in [6.07, 6.45) is 4.83. The minimum atomic E-state index is -4.60. The number of likely N-dealkylation sites (N-methyl/N-ethyl adjacent to an activating group) is 1. The third-order valence-electron chi connectivity index (χ3n) is 6.13. The highest BCUT2D eigenvalue weighted by Gasteiger charge is 2.36. The summed E-state index contributed by atoms with van der Waals surface area (Å²) >= 11 is 0.311. The molecule has 31 heavy (non-hydrogen) atoms. The summed E-state index contributed by atoms with van der Waals surface area (Å²) in [6.45, 7) is 2.88. The van der Waals surface area contributed by atoms with Gasteiger partial charge in [0.15, 0.2) is 0 Å². The van der Waals surface area contributed by atoms with Crippen LogP contribution in [0.1, 0.15) is 50.5 Å². The third-order valence-corrected chi connectivity index (χ3v) is 7.17. The number of anilines is 1. The second kappa shape index (κ2) is 10.1. The van der Waals surface area contributed by atoms with Crippen molar-refractivity contribution in [1.29, 1.82) is 0 Å². The van der Waals surface area contributed by atoms with Gasteiger partial charge in [-0.05, 0) is 24.8 Å².